The van der Waals surface area contributed by atoms with E-state index in [4.69, 9.17) is 5.11 Å². The number of hydrogen-bond acceptors (Lipinski definition) is 2. The summed E-state index contributed by atoms with van der Waals surface area (Å²) >= 11 is 0. The lowest BCUT2D eigenvalue weighted by molar-refractivity contribution is 0.284. The third-order valence-electron chi connectivity index (χ3n) is 2.31. The van der Waals surface area contributed by atoms with Crippen molar-refractivity contribution in [2.24, 2.45) is 0 Å². The van der Waals surface area contributed by atoms with E-state index in [2.05, 4.69) is 36.5 Å². The number of aliphatic hydroxyl groups excluding tert-OH is 1. The zero-order chi connectivity index (χ0) is 10.2. The molecule has 0 saturated carbocycles. The Balaban J connectivity index is 2.20. The maximum Gasteiger partial charge on any atom is 0.0556 e. The van der Waals surface area contributed by atoms with Crippen LogP contribution in [0.15, 0.2) is 30.3 Å². The minimum absolute atomic E-state index is 0.218. The van der Waals surface area contributed by atoms with Gasteiger partial charge in [0.25, 0.3) is 0 Å². The average Bonchev–Trinajstić information content (AvgIpc) is 2.25. The minimum atomic E-state index is 0.218. The lowest BCUT2D eigenvalue weighted by atomic mass is 10.1. The Labute approximate surface area is 86.0 Å². The molecule has 0 spiro atoms. The Morgan fingerprint density at radius 2 is 2.00 bits per heavy atom. The predicted octanol–water partition coefficient (Wildman–Crippen LogP) is 1.59. The maximum absolute atomic E-state index is 8.64. The van der Waals surface area contributed by atoms with E-state index in [1.54, 1.807) is 0 Å². The summed E-state index contributed by atoms with van der Waals surface area (Å²) in [6, 6.07) is 11.0. The summed E-state index contributed by atoms with van der Waals surface area (Å²) in [5.41, 5.74) is 1.38. The van der Waals surface area contributed by atoms with Crippen molar-refractivity contribution in [2.75, 3.05) is 13.2 Å². The van der Waals surface area contributed by atoms with Crippen molar-refractivity contribution in [3.63, 3.8) is 0 Å². The third kappa shape index (κ3) is 4.40. The molecule has 78 valence electrons. The van der Waals surface area contributed by atoms with E-state index < -0.39 is 0 Å². The van der Waals surface area contributed by atoms with Crippen LogP contribution < -0.4 is 5.32 Å². The van der Waals surface area contributed by atoms with Crippen LogP contribution >= 0.6 is 0 Å². The molecule has 0 radical (unpaired) electrons. The summed E-state index contributed by atoms with van der Waals surface area (Å²) in [6.45, 7) is 3.06. The van der Waals surface area contributed by atoms with Gasteiger partial charge in [-0.3, -0.25) is 0 Å². The molecule has 1 atom stereocenters. The number of aryl methyl sites for hydroxylation is 1. The van der Waals surface area contributed by atoms with Gasteiger partial charge in [0.1, 0.15) is 0 Å². The van der Waals surface area contributed by atoms with Gasteiger partial charge in [-0.2, -0.15) is 0 Å². The Morgan fingerprint density at radius 1 is 1.29 bits per heavy atom. The fourth-order valence-electron chi connectivity index (χ4n) is 1.44. The SMILES string of the molecule is C[C@H](CCc1ccccc1)NCCO. The molecule has 14 heavy (non-hydrogen) atoms. The molecule has 1 rings (SSSR count). The molecule has 2 nitrogen and oxygen atoms in total. The second-order valence-corrected chi connectivity index (χ2v) is 3.60. The van der Waals surface area contributed by atoms with Gasteiger partial charge in [0.2, 0.25) is 0 Å². The van der Waals surface area contributed by atoms with Crippen LogP contribution in [-0.2, 0) is 6.42 Å². The van der Waals surface area contributed by atoms with Gasteiger partial charge in [0.05, 0.1) is 6.61 Å². The van der Waals surface area contributed by atoms with Crippen LogP contribution in [-0.4, -0.2) is 24.3 Å². The van der Waals surface area contributed by atoms with E-state index >= 15 is 0 Å². The first-order valence-electron chi connectivity index (χ1n) is 5.21. The fourth-order valence-corrected chi connectivity index (χ4v) is 1.44. The van der Waals surface area contributed by atoms with Gasteiger partial charge in [-0.05, 0) is 25.3 Å². The van der Waals surface area contributed by atoms with E-state index in [0.717, 1.165) is 12.8 Å². The molecular weight excluding hydrogens is 174 g/mol. The molecule has 2 heteroatoms. The topological polar surface area (TPSA) is 32.3 Å². The molecular formula is C12H19NO. The molecule has 0 aliphatic carbocycles. The van der Waals surface area contributed by atoms with Gasteiger partial charge in [0, 0.05) is 12.6 Å². The summed E-state index contributed by atoms with van der Waals surface area (Å²) in [6.07, 6.45) is 2.21. The Kier molecular flexibility index (Phi) is 5.27. The van der Waals surface area contributed by atoms with Crippen molar-refractivity contribution in [2.45, 2.75) is 25.8 Å². The smallest absolute Gasteiger partial charge is 0.0556 e. The van der Waals surface area contributed by atoms with Crippen LogP contribution in [0.1, 0.15) is 18.9 Å². The first-order valence-corrected chi connectivity index (χ1v) is 5.21. The number of benzene rings is 1. The largest absolute Gasteiger partial charge is 0.395 e. The molecule has 0 heterocycles. The number of aliphatic hydroxyl groups is 1. The third-order valence-corrected chi connectivity index (χ3v) is 2.31. The normalized spacial score (nSPS) is 12.7. The zero-order valence-corrected chi connectivity index (χ0v) is 8.74. The average molecular weight is 193 g/mol. The summed E-state index contributed by atoms with van der Waals surface area (Å²) in [4.78, 5) is 0. The van der Waals surface area contributed by atoms with Crippen LogP contribution in [0.5, 0.6) is 0 Å². The first kappa shape index (κ1) is 11.2. The molecule has 0 bridgehead atoms. The fraction of sp³-hybridized carbons (Fsp3) is 0.500. The minimum Gasteiger partial charge on any atom is -0.395 e. The number of rotatable bonds is 6. The zero-order valence-electron chi connectivity index (χ0n) is 8.74. The van der Waals surface area contributed by atoms with Gasteiger partial charge in [-0.1, -0.05) is 30.3 Å². The number of hydrogen-bond donors (Lipinski definition) is 2. The van der Waals surface area contributed by atoms with Crippen molar-refractivity contribution < 1.29 is 5.11 Å². The summed E-state index contributed by atoms with van der Waals surface area (Å²) in [7, 11) is 0. The molecule has 0 aliphatic rings. The highest BCUT2D eigenvalue weighted by Gasteiger charge is 2.00. The van der Waals surface area contributed by atoms with E-state index in [0.29, 0.717) is 12.6 Å². The van der Waals surface area contributed by atoms with Crippen LogP contribution in [0.3, 0.4) is 0 Å². The molecule has 0 unspecified atom stereocenters. The van der Waals surface area contributed by atoms with Crippen LogP contribution in [0.4, 0.5) is 0 Å². The second kappa shape index (κ2) is 6.57. The van der Waals surface area contributed by atoms with Gasteiger partial charge < -0.3 is 10.4 Å². The van der Waals surface area contributed by atoms with Crippen molar-refractivity contribution in [1.29, 1.82) is 0 Å². The quantitative estimate of drug-likeness (QED) is 0.719. The molecule has 0 fully saturated rings. The van der Waals surface area contributed by atoms with Gasteiger partial charge in [-0.15, -0.1) is 0 Å². The molecule has 0 aliphatic heterocycles. The highest BCUT2D eigenvalue weighted by Crippen LogP contribution is 2.04. The van der Waals surface area contributed by atoms with E-state index in [9.17, 15) is 0 Å². The van der Waals surface area contributed by atoms with Crippen molar-refractivity contribution >= 4 is 0 Å². The molecule has 0 aromatic heterocycles. The van der Waals surface area contributed by atoms with E-state index in [1.807, 2.05) is 6.07 Å². The van der Waals surface area contributed by atoms with Crippen molar-refractivity contribution in [3.8, 4) is 0 Å². The molecule has 1 aromatic rings. The molecule has 2 N–H and O–H groups in total. The van der Waals surface area contributed by atoms with Crippen LogP contribution in [0, 0.1) is 0 Å². The van der Waals surface area contributed by atoms with Crippen LogP contribution in [0.2, 0.25) is 0 Å². The van der Waals surface area contributed by atoms with Crippen molar-refractivity contribution in [1.82, 2.24) is 5.32 Å². The Bertz CT molecular complexity index is 235. The summed E-state index contributed by atoms with van der Waals surface area (Å²) in [5.74, 6) is 0. The Morgan fingerprint density at radius 3 is 2.64 bits per heavy atom. The van der Waals surface area contributed by atoms with Gasteiger partial charge in [0.15, 0.2) is 0 Å². The lowest BCUT2D eigenvalue weighted by Crippen LogP contribution is -2.29. The summed E-state index contributed by atoms with van der Waals surface area (Å²) in [5, 5.41) is 11.9. The van der Waals surface area contributed by atoms with Gasteiger partial charge in [-0.25, -0.2) is 0 Å². The first-order chi connectivity index (χ1) is 6.83. The molecule has 1 aromatic carbocycles. The highest BCUT2D eigenvalue weighted by atomic mass is 16.3. The maximum atomic E-state index is 8.64. The number of nitrogens with one attached hydrogen (secondary N) is 1. The van der Waals surface area contributed by atoms with Crippen molar-refractivity contribution in [3.05, 3.63) is 35.9 Å². The predicted molar refractivity (Wildman–Crippen MR) is 59.3 cm³/mol. The summed E-state index contributed by atoms with van der Waals surface area (Å²) < 4.78 is 0. The van der Waals surface area contributed by atoms with Gasteiger partial charge >= 0.3 is 0 Å². The molecule has 0 saturated heterocycles. The standard InChI is InChI=1S/C12H19NO/c1-11(13-9-10-14)7-8-12-5-3-2-4-6-12/h2-6,11,13-14H,7-10H2,1H3/t11-/m1/s1. The highest BCUT2D eigenvalue weighted by molar-refractivity contribution is 5.14. The monoisotopic (exact) mass is 193 g/mol. The Hall–Kier alpha value is -0.860. The van der Waals surface area contributed by atoms with Crippen LogP contribution in [0.25, 0.3) is 0 Å². The second-order valence-electron chi connectivity index (χ2n) is 3.60. The lowest BCUT2D eigenvalue weighted by Gasteiger charge is -2.12. The van der Waals surface area contributed by atoms with E-state index in [-0.39, 0.29) is 6.61 Å². The molecule has 0 amide bonds. The van der Waals surface area contributed by atoms with E-state index in [1.165, 1.54) is 5.56 Å².